The van der Waals surface area contributed by atoms with Crippen LogP contribution in [0, 0.1) is 0 Å². The molecule has 1 fully saturated rings. The summed E-state index contributed by atoms with van der Waals surface area (Å²) in [5.41, 5.74) is 5.46. The Hall–Kier alpha value is -1.14. The lowest BCUT2D eigenvalue weighted by atomic mass is 10.2. The zero-order valence-corrected chi connectivity index (χ0v) is 8.35. The monoisotopic (exact) mass is 217 g/mol. The third-order valence-electron chi connectivity index (χ3n) is 2.14. The summed E-state index contributed by atoms with van der Waals surface area (Å²) >= 11 is 0. The van der Waals surface area contributed by atoms with E-state index in [2.05, 4.69) is 0 Å². The van der Waals surface area contributed by atoms with Crippen molar-refractivity contribution in [2.24, 2.45) is 5.73 Å². The van der Waals surface area contributed by atoms with Gasteiger partial charge in [-0.3, -0.25) is 9.59 Å². The quantitative estimate of drug-likeness (QED) is 0.603. The highest BCUT2D eigenvalue weighted by atomic mass is 16.6. The van der Waals surface area contributed by atoms with Crippen LogP contribution in [0.1, 0.15) is 19.3 Å². The van der Waals surface area contributed by atoms with Crippen molar-refractivity contribution < 1.29 is 24.2 Å². The van der Waals surface area contributed by atoms with Gasteiger partial charge in [-0.25, -0.2) is 0 Å². The van der Waals surface area contributed by atoms with E-state index in [1.807, 2.05) is 0 Å². The van der Waals surface area contributed by atoms with E-state index in [1.165, 1.54) is 0 Å². The van der Waals surface area contributed by atoms with Gasteiger partial charge in [-0.2, -0.15) is 0 Å². The Morgan fingerprint density at radius 1 is 1.60 bits per heavy atom. The van der Waals surface area contributed by atoms with Gasteiger partial charge in [0.1, 0.15) is 12.1 Å². The van der Waals surface area contributed by atoms with Crippen LogP contribution in [-0.2, 0) is 19.1 Å². The van der Waals surface area contributed by atoms with Gasteiger partial charge in [0.25, 0.3) is 0 Å². The van der Waals surface area contributed by atoms with E-state index in [0.717, 1.165) is 0 Å². The fraction of sp³-hybridized carbons (Fsp3) is 0.778. The zero-order chi connectivity index (χ0) is 11.3. The Bertz CT molecular complexity index is 237. The second-order valence-corrected chi connectivity index (χ2v) is 3.46. The molecule has 6 nitrogen and oxygen atoms in total. The maximum atomic E-state index is 11.3. The zero-order valence-electron chi connectivity index (χ0n) is 8.35. The number of nitrogens with two attached hydrogens (primary N) is 1. The van der Waals surface area contributed by atoms with E-state index in [-0.39, 0.29) is 18.9 Å². The molecule has 1 aliphatic rings. The maximum absolute atomic E-state index is 11.3. The fourth-order valence-corrected chi connectivity index (χ4v) is 1.25. The van der Waals surface area contributed by atoms with Crippen LogP contribution in [-0.4, -0.2) is 42.4 Å². The Balaban J connectivity index is 2.22. The van der Waals surface area contributed by atoms with E-state index in [4.69, 9.17) is 20.3 Å². The number of hydrogen-bond donors (Lipinski definition) is 2. The average molecular weight is 217 g/mol. The maximum Gasteiger partial charge on any atom is 0.323 e. The van der Waals surface area contributed by atoms with Gasteiger partial charge in [-0.1, -0.05) is 0 Å². The molecule has 1 heterocycles. The minimum atomic E-state index is -0.970. The minimum Gasteiger partial charge on any atom is -0.481 e. The van der Waals surface area contributed by atoms with Crippen LogP contribution in [0.2, 0.25) is 0 Å². The number of esters is 1. The highest BCUT2D eigenvalue weighted by molar-refractivity contribution is 5.76. The summed E-state index contributed by atoms with van der Waals surface area (Å²) in [6, 6.07) is -0.860. The first-order chi connectivity index (χ1) is 7.09. The molecule has 6 heteroatoms. The normalized spacial score (nSPS) is 22.3. The van der Waals surface area contributed by atoms with Crippen molar-refractivity contribution >= 4 is 11.9 Å². The second kappa shape index (κ2) is 5.67. The van der Waals surface area contributed by atoms with Gasteiger partial charge < -0.3 is 20.3 Å². The summed E-state index contributed by atoms with van der Waals surface area (Å²) in [6.45, 7) is 0.986. The predicted octanol–water partition coefficient (Wildman–Crippen LogP) is -0.489. The van der Waals surface area contributed by atoms with E-state index >= 15 is 0 Å². The topological polar surface area (TPSA) is 98.9 Å². The van der Waals surface area contributed by atoms with Crippen molar-refractivity contribution in [2.45, 2.75) is 31.4 Å². The van der Waals surface area contributed by atoms with Crippen LogP contribution < -0.4 is 5.73 Å². The number of ether oxygens (including phenoxy) is 2. The lowest BCUT2D eigenvalue weighted by molar-refractivity contribution is -0.151. The molecular weight excluding hydrogens is 202 g/mol. The minimum absolute atomic E-state index is 0.0990. The molecule has 0 aliphatic carbocycles. The Kier molecular flexibility index (Phi) is 4.51. The number of carboxylic acid groups (broad SMARTS) is 1. The first-order valence-electron chi connectivity index (χ1n) is 4.85. The molecule has 1 rings (SSSR count). The summed E-state index contributed by atoms with van der Waals surface area (Å²) in [6.07, 6.45) is 0.421. The summed E-state index contributed by atoms with van der Waals surface area (Å²) in [5, 5.41) is 8.40. The molecular formula is C9H15NO5. The average Bonchev–Trinajstić information content (AvgIpc) is 2.66. The van der Waals surface area contributed by atoms with Crippen molar-refractivity contribution in [1.29, 1.82) is 0 Å². The van der Waals surface area contributed by atoms with Gasteiger partial charge in [0.2, 0.25) is 0 Å². The highest BCUT2D eigenvalue weighted by Crippen LogP contribution is 2.09. The van der Waals surface area contributed by atoms with Crippen LogP contribution in [0.25, 0.3) is 0 Å². The van der Waals surface area contributed by atoms with Crippen LogP contribution in [0.5, 0.6) is 0 Å². The molecule has 0 amide bonds. The molecule has 0 bridgehead atoms. The van der Waals surface area contributed by atoms with Gasteiger partial charge in [0.15, 0.2) is 0 Å². The predicted molar refractivity (Wildman–Crippen MR) is 50.2 cm³/mol. The molecule has 1 aliphatic heterocycles. The van der Waals surface area contributed by atoms with Crippen LogP contribution in [0.3, 0.4) is 0 Å². The third-order valence-corrected chi connectivity index (χ3v) is 2.14. The molecule has 2 unspecified atom stereocenters. The van der Waals surface area contributed by atoms with Crippen molar-refractivity contribution in [3.05, 3.63) is 0 Å². The van der Waals surface area contributed by atoms with Crippen molar-refractivity contribution in [1.82, 2.24) is 0 Å². The smallest absolute Gasteiger partial charge is 0.323 e. The number of carboxylic acids is 1. The van der Waals surface area contributed by atoms with Crippen LogP contribution in [0.15, 0.2) is 0 Å². The molecule has 86 valence electrons. The van der Waals surface area contributed by atoms with Crippen LogP contribution >= 0.6 is 0 Å². The highest BCUT2D eigenvalue weighted by Gasteiger charge is 2.23. The molecule has 0 aromatic carbocycles. The van der Waals surface area contributed by atoms with Crippen molar-refractivity contribution in [3.8, 4) is 0 Å². The van der Waals surface area contributed by atoms with E-state index in [1.54, 1.807) is 0 Å². The van der Waals surface area contributed by atoms with Gasteiger partial charge in [-0.15, -0.1) is 0 Å². The Morgan fingerprint density at radius 2 is 2.33 bits per heavy atom. The summed E-state index contributed by atoms with van der Waals surface area (Å²) in [5.74, 6) is -1.52. The molecule has 0 aromatic rings. The fourth-order valence-electron chi connectivity index (χ4n) is 1.25. The van der Waals surface area contributed by atoms with Gasteiger partial charge >= 0.3 is 11.9 Å². The lowest BCUT2D eigenvalue weighted by Gasteiger charge is -2.14. The van der Waals surface area contributed by atoms with Gasteiger partial charge in [0, 0.05) is 12.8 Å². The molecule has 0 saturated carbocycles. The SMILES string of the molecule is NC(CCC(=O)O)C(=O)OC1CCOC1. The number of carbonyl (C=O) groups is 2. The molecule has 0 radical (unpaired) electrons. The third kappa shape index (κ3) is 4.26. The number of rotatable bonds is 5. The largest absolute Gasteiger partial charge is 0.481 e. The number of aliphatic carboxylic acids is 1. The first kappa shape index (κ1) is 11.9. The van der Waals surface area contributed by atoms with Gasteiger partial charge in [0.05, 0.1) is 13.2 Å². The summed E-state index contributed by atoms with van der Waals surface area (Å²) in [7, 11) is 0. The molecule has 15 heavy (non-hydrogen) atoms. The Labute approximate surface area is 87.3 Å². The van der Waals surface area contributed by atoms with Crippen LogP contribution in [0.4, 0.5) is 0 Å². The molecule has 2 atom stereocenters. The van der Waals surface area contributed by atoms with E-state index in [9.17, 15) is 9.59 Å². The van der Waals surface area contributed by atoms with Crippen molar-refractivity contribution in [2.75, 3.05) is 13.2 Å². The standard InChI is InChI=1S/C9H15NO5/c10-7(1-2-8(11)12)9(13)15-6-3-4-14-5-6/h6-7H,1-5,10H2,(H,11,12). The lowest BCUT2D eigenvalue weighted by Crippen LogP contribution is -2.35. The number of hydrogen-bond acceptors (Lipinski definition) is 5. The molecule has 1 saturated heterocycles. The number of carbonyl (C=O) groups excluding carboxylic acids is 1. The van der Waals surface area contributed by atoms with Crippen molar-refractivity contribution in [3.63, 3.8) is 0 Å². The second-order valence-electron chi connectivity index (χ2n) is 3.46. The van der Waals surface area contributed by atoms with E-state index < -0.39 is 18.0 Å². The first-order valence-corrected chi connectivity index (χ1v) is 4.85. The van der Waals surface area contributed by atoms with Gasteiger partial charge in [-0.05, 0) is 6.42 Å². The van der Waals surface area contributed by atoms with E-state index in [0.29, 0.717) is 19.6 Å². The molecule has 3 N–H and O–H groups in total. The molecule has 0 spiro atoms. The summed E-state index contributed by atoms with van der Waals surface area (Å²) in [4.78, 5) is 21.6. The Morgan fingerprint density at radius 3 is 2.87 bits per heavy atom. The summed E-state index contributed by atoms with van der Waals surface area (Å²) < 4.78 is 10.0. The molecule has 0 aromatic heterocycles.